The summed E-state index contributed by atoms with van der Waals surface area (Å²) in [5.41, 5.74) is -0.332. The second-order valence-corrected chi connectivity index (χ2v) is 4.01. The summed E-state index contributed by atoms with van der Waals surface area (Å²) < 4.78 is 41.0. The molecule has 2 heterocycles. The number of rotatable bonds is 1. The maximum atomic E-state index is 12.0. The van der Waals surface area contributed by atoms with E-state index >= 15 is 0 Å². The molecule has 0 aliphatic carbocycles. The molecule has 0 saturated carbocycles. The van der Waals surface area contributed by atoms with E-state index in [1.807, 2.05) is 5.32 Å². The lowest BCUT2D eigenvalue weighted by Gasteiger charge is -2.42. The summed E-state index contributed by atoms with van der Waals surface area (Å²) in [6, 6.07) is -0.486. The van der Waals surface area contributed by atoms with Gasteiger partial charge in [-0.2, -0.15) is 13.2 Å². The Bertz CT molecular complexity index is 276. The van der Waals surface area contributed by atoms with Crippen molar-refractivity contribution in [1.29, 1.82) is 0 Å². The molecule has 2 N–H and O–H groups in total. The molecule has 7 heteroatoms. The topological polar surface area (TPSA) is 50.4 Å². The van der Waals surface area contributed by atoms with Crippen LogP contribution in [0.5, 0.6) is 0 Å². The van der Waals surface area contributed by atoms with E-state index in [1.165, 1.54) is 0 Å². The summed E-state index contributed by atoms with van der Waals surface area (Å²) in [6.07, 6.45) is -4.81. The van der Waals surface area contributed by atoms with Crippen molar-refractivity contribution in [2.75, 3.05) is 26.3 Å². The van der Waals surface area contributed by atoms with Gasteiger partial charge in [-0.1, -0.05) is 0 Å². The van der Waals surface area contributed by atoms with Crippen molar-refractivity contribution in [3.05, 3.63) is 0 Å². The van der Waals surface area contributed by atoms with Crippen molar-refractivity contribution in [3.8, 4) is 0 Å². The van der Waals surface area contributed by atoms with Crippen molar-refractivity contribution in [3.63, 3.8) is 0 Å². The third-order valence-corrected chi connectivity index (χ3v) is 2.91. The highest BCUT2D eigenvalue weighted by Crippen LogP contribution is 2.34. The minimum Gasteiger partial charge on any atom is -0.380 e. The number of carbonyl (C=O) groups is 1. The lowest BCUT2D eigenvalue weighted by molar-refractivity contribution is -0.178. The first kappa shape index (κ1) is 10.7. The molecule has 2 rings (SSSR count). The predicted octanol–water partition coefficient (Wildman–Crippen LogP) is -0.347. The first-order chi connectivity index (χ1) is 6.94. The molecule has 2 aliphatic heterocycles. The zero-order valence-corrected chi connectivity index (χ0v) is 7.86. The van der Waals surface area contributed by atoms with Gasteiger partial charge < -0.3 is 15.4 Å². The highest BCUT2D eigenvalue weighted by Gasteiger charge is 2.51. The summed E-state index contributed by atoms with van der Waals surface area (Å²) >= 11 is 0. The van der Waals surface area contributed by atoms with Gasteiger partial charge in [0.1, 0.15) is 0 Å². The Kier molecular flexibility index (Phi) is 2.38. The molecule has 2 fully saturated rings. The van der Waals surface area contributed by atoms with Crippen LogP contribution < -0.4 is 10.6 Å². The van der Waals surface area contributed by atoms with Gasteiger partial charge in [0.15, 0.2) is 0 Å². The van der Waals surface area contributed by atoms with Crippen molar-refractivity contribution in [2.45, 2.75) is 12.2 Å². The quantitative estimate of drug-likeness (QED) is 0.640. The van der Waals surface area contributed by atoms with E-state index in [1.54, 1.807) is 0 Å². The molecule has 2 saturated heterocycles. The van der Waals surface area contributed by atoms with Crippen LogP contribution in [0.3, 0.4) is 0 Å². The molecular weight excluding hydrogens is 213 g/mol. The molecule has 1 spiro atoms. The molecule has 1 amide bonds. The molecule has 0 unspecified atom stereocenters. The molecule has 86 valence electrons. The number of hydrogen-bond donors (Lipinski definition) is 2. The Labute approximate surface area is 84.2 Å². The van der Waals surface area contributed by atoms with E-state index < -0.39 is 18.1 Å². The average Bonchev–Trinajstić information content (AvgIpc) is 2.45. The largest absolute Gasteiger partial charge is 0.471 e. The Hall–Kier alpha value is -0.820. The predicted molar refractivity (Wildman–Crippen MR) is 44.1 cm³/mol. The summed E-state index contributed by atoms with van der Waals surface area (Å²) in [6.45, 7) is 1.77. The van der Waals surface area contributed by atoms with Crippen LogP contribution in [0.2, 0.25) is 0 Å². The van der Waals surface area contributed by atoms with Gasteiger partial charge in [0.2, 0.25) is 0 Å². The molecule has 0 aromatic heterocycles. The van der Waals surface area contributed by atoms with Gasteiger partial charge in [0.25, 0.3) is 0 Å². The van der Waals surface area contributed by atoms with Crippen LogP contribution in [0, 0.1) is 5.41 Å². The summed E-state index contributed by atoms with van der Waals surface area (Å²) in [5, 5.41) is 4.96. The Morgan fingerprint density at radius 3 is 2.60 bits per heavy atom. The Balaban J connectivity index is 1.97. The average molecular weight is 224 g/mol. The van der Waals surface area contributed by atoms with Gasteiger partial charge in [0.05, 0.1) is 24.7 Å². The van der Waals surface area contributed by atoms with Crippen molar-refractivity contribution in [2.24, 2.45) is 5.41 Å². The minimum atomic E-state index is -4.81. The zero-order chi connectivity index (χ0) is 11.1. The maximum absolute atomic E-state index is 12.0. The SMILES string of the molecule is O=C(N[C@H]1CNCC12COC2)C(F)(F)F. The second kappa shape index (κ2) is 3.34. The maximum Gasteiger partial charge on any atom is 0.471 e. The first-order valence-electron chi connectivity index (χ1n) is 4.60. The Morgan fingerprint density at radius 1 is 1.47 bits per heavy atom. The number of amides is 1. The normalized spacial score (nSPS) is 28.9. The Morgan fingerprint density at radius 2 is 2.13 bits per heavy atom. The van der Waals surface area contributed by atoms with Crippen LogP contribution in [0.4, 0.5) is 13.2 Å². The molecule has 2 aliphatic rings. The number of alkyl halides is 3. The van der Waals surface area contributed by atoms with Crippen molar-refractivity contribution in [1.82, 2.24) is 10.6 Å². The van der Waals surface area contributed by atoms with Crippen LogP contribution in [0.25, 0.3) is 0 Å². The third kappa shape index (κ3) is 1.81. The number of hydrogen-bond acceptors (Lipinski definition) is 3. The summed E-state index contributed by atoms with van der Waals surface area (Å²) in [5.74, 6) is -1.87. The monoisotopic (exact) mass is 224 g/mol. The smallest absolute Gasteiger partial charge is 0.380 e. The molecular formula is C8H11F3N2O2. The van der Waals surface area contributed by atoms with Gasteiger partial charge in [-0.3, -0.25) is 4.79 Å². The minimum absolute atomic E-state index is 0.332. The van der Waals surface area contributed by atoms with Crippen LogP contribution in [-0.4, -0.2) is 44.4 Å². The van der Waals surface area contributed by atoms with Crippen molar-refractivity contribution >= 4 is 5.91 Å². The number of carbonyl (C=O) groups excluding carboxylic acids is 1. The standard InChI is InChI=1S/C8H11F3N2O2/c9-8(10,11)6(14)13-5-1-12-2-7(5)3-15-4-7/h5,12H,1-4H2,(H,13,14)/t5-/m0/s1. The molecule has 0 aromatic rings. The fourth-order valence-electron chi connectivity index (χ4n) is 1.92. The number of halogens is 3. The van der Waals surface area contributed by atoms with E-state index in [0.717, 1.165) is 0 Å². The van der Waals surface area contributed by atoms with E-state index in [0.29, 0.717) is 26.3 Å². The molecule has 0 bridgehead atoms. The lowest BCUT2D eigenvalue weighted by atomic mass is 9.81. The zero-order valence-electron chi connectivity index (χ0n) is 7.86. The van der Waals surface area contributed by atoms with Crippen LogP contribution in [0.15, 0.2) is 0 Å². The molecule has 0 radical (unpaired) electrons. The van der Waals surface area contributed by atoms with E-state index in [-0.39, 0.29) is 5.41 Å². The van der Waals surface area contributed by atoms with E-state index in [2.05, 4.69) is 5.32 Å². The lowest BCUT2D eigenvalue weighted by Crippen LogP contribution is -2.59. The van der Waals surface area contributed by atoms with Gasteiger partial charge in [-0.05, 0) is 0 Å². The molecule has 4 nitrogen and oxygen atoms in total. The first-order valence-corrected chi connectivity index (χ1v) is 4.60. The van der Waals surface area contributed by atoms with Crippen LogP contribution in [0.1, 0.15) is 0 Å². The molecule has 1 atom stereocenters. The number of nitrogens with one attached hydrogen (secondary N) is 2. The second-order valence-electron chi connectivity index (χ2n) is 4.01. The van der Waals surface area contributed by atoms with Gasteiger partial charge in [0, 0.05) is 13.1 Å². The molecule has 15 heavy (non-hydrogen) atoms. The summed E-state index contributed by atoms with van der Waals surface area (Å²) in [7, 11) is 0. The third-order valence-electron chi connectivity index (χ3n) is 2.91. The van der Waals surface area contributed by atoms with Gasteiger partial charge >= 0.3 is 12.1 Å². The van der Waals surface area contributed by atoms with Gasteiger partial charge in [-0.15, -0.1) is 0 Å². The van der Waals surface area contributed by atoms with Gasteiger partial charge in [-0.25, -0.2) is 0 Å². The van der Waals surface area contributed by atoms with E-state index in [9.17, 15) is 18.0 Å². The molecule has 0 aromatic carbocycles. The van der Waals surface area contributed by atoms with E-state index in [4.69, 9.17) is 4.74 Å². The number of ether oxygens (including phenoxy) is 1. The summed E-state index contributed by atoms with van der Waals surface area (Å²) in [4.78, 5) is 10.7. The fourth-order valence-corrected chi connectivity index (χ4v) is 1.92. The van der Waals surface area contributed by atoms with Crippen molar-refractivity contribution < 1.29 is 22.7 Å². The van der Waals surface area contributed by atoms with Crippen LogP contribution >= 0.6 is 0 Å². The highest BCUT2D eigenvalue weighted by atomic mass is 19.4. The highest BCUT2D eigenvalue weighted by molar-refractivity contribution is 5.82. The fraction of sp³-hybridized carbons (Fsp3) is 0.875. The van der Waals surface area contributed by atoms with Crippen LogP contribution in [-0.2, 0) is 9.53 Å².